The van der Waals surface area contributed by atoms with Gasteiger partial charge in [0.15, 0.2) is 5.78 Å². The third-order valence-corrected chi connectivity index (χ3v) is 6.55. The van der Waals surface area contributed by atoms with Crippen LogP contribution in [0.2, 0.25) is 0 Å². The third-order valence-electron chi connectivity index (χ3n) is 6.55. The summed E-state index contributed by atoms with van der Waals surface area (Å²) in [4.78, 5) is 51.9. The van der Waals surface area contributed by atoms with E-state index in [1.54, 1.807) is 36.4 Å². The highest BCUT2D eigenvalue weighted by Gasteiger charge is 2.21. The highest BCUT2D eigenvalue weighted by Crippen LogP contribution is 2.19. The number of carbonyl (C=O) groups excluding carboxylic acids is 2. The van der Waals surface area contributed by atoms with Crippen LogP contribution in [-0.4, -0.2) is 43.6 Å². The van der Waals surface area contributed by atoms with E-state index in [0.29, 0.717) is 16.9 Å². The third kappa shape index (κ3) is 4.01. The molecule has 1 aliphatic carbocycles. The van der Waals surface area contributed by atoms with Crippen molar-refractivity contribution in [1.82, 2.24) is 24.1 Å². The van der Waals surface area contributed by atoms with E-state index in [-0.39, 0.29) is 46.5 Å². The summed E-state index contributed by atoms with van der Waals surface area (Å²) >= 11 is 0. The van der Waals surface area contributed by atoms with Crippen LogP contribution in [0.1, 0.15) is 46.4 Å². The number of nitrogens with one attached hydrogen (secondary N) is 1. The van der Waals surface area contributed by atoms with Gasteiger partial charge in [-0.05, 0) is 55.3 Å². The molecule has 0 atom stereocenters. The van der Waals surface area contributed by atoms with Crippen molar-refractivity contribution in [3.8, 4) is 5.75 Å². The summed E-state index contributed by atoms with van der Waals surface area (Å²) in [6.07, 6.45) is 4.06. The van der Waals surface area contributed by atoms with Crippen LogP contribution < -0.4 is 21.3 Å². The molecule has 35 heavy (non-hydrogen) atoms. The van der Waals surface area contributed by atoms with Crippen LogP contribution in [0.4, 0.5) is 0 Å². The van der Waals surface area contributed by atoms with Crippen LogP contribution in [0.3, 0.4) is 0 Å². The molecule has 0 aliphatic heterocycles. The van der Waals surface area contributed by atoms with Crippen molar-refractivity contribution in [2.45, 2.75) is 38.3 Å². The molecule has 0 unspecified atom stereocenters. The van der Waals surface area contributed by atoms with E-state index in [1.807, 2.05) is 0 Å². The molecule has 4 aromatic rings. The predicted octanol–water partition coefficient (Wildman–Crippen LogP) is 1.91. The Morgan fingerprint density at radius 3 is 2.43 bits per heavy atom. The summed E-state index contributed by atoms with van der Waals surface area (Å²) in [6, 6.07) is 11.4. The molecule has 1 fully saturated rings. The molecule has 0 radical (unpaired) electrons. The Balaban J connectivity index is 1.56. The Labute approximate surface area is 199 Å². The standard InChI is InChI=1S/C25H25N5O5/c1-28-23(33)19-12-9-16(22(32)26-17-5-3-4-6-17)13-20(19)30-24(28)27-29(25(30)34)14-21(31)15-7-10-18(35-2)11-8-15/h7-13,17H,3-6,14H2,1-2H3,(H,26,32). The zero-order chi connectivity index (χ0) is 24.7. The van der Waals surface area contributed by atoms with Crippen molar-refractivity contribution >= 4 is 28.4 Å². The number of fused-ring (bicyclic) bond motifs is 3. The van der Waals surface area contributed by atoms with Crippen LogP contribution in [0, 0.1) is 0 Å². The first kappa shape index (κ1) is 22.6. The molecule has 0 spiro atoms. The zero-order valence-corrected chi connectivity index (χ0v) is 19.5. The normalized spacial score (nSPS) is 14.0. The van der Waals surface area contributed by atoms with Crippen LogP contribution >= 0.6 is 0 Å². The van der Waals surface area contributed by atoms with E-state index in [1.165, 1.54) is 29.2 Å². The Morgan fingerprint density at radius 1 is 1.06 bits per heavy atom. The average molecular weight is 476 g/mol. The lowest BCUT2D eigenvalue weighted by Gasteiger charge is -2.12. The molecule has 180 valence electrons. The average Bonchev–Trinajstić information content (AvgIpc) is 3.50. The van der Waals surface area contributed by atoms with Crippen LogP contribution in [0.15, 0.2) is 52.1 Å². The van der Waals surface area contributed by atoms with Crippen molar-refractivity contribution < 1.29 is 14.3 Å². The number of benzene rings is 2. The van der Waals surface area contributed by atoms with Gasteiger partial charge < -0.3 is 10.1 Å². The number of Topliss-reactive ketones (excluding diaryl/α,β-unsaturated/α-hetero) is 1. The van der Waals surface area contributed by atoms with Crippen molar-refractivity contribution in [3.05, 3.63) is 74.4 Å². The Morgan fingerprint density at radius 2 is 1.74 bits per heavy atom. The lowest BCUT2D eigenvalue weighted by atomic mass is 10.1. The van der Waals surface area contributed by atoms with Gasteiger partial charge in [0, 0.05) is 24.2 Å². The summed E-state index contributed by atoms with van der Waals surface area (Å²) in [5.41, 5.74) is 0.104. The van der Waals surface area contributed by atoms with E-state index in [4.69, 9.17) is 4.74 Å². The fourth-order valence-electron chi connectivity index (χ4n) is 4.58. The van der Waals surface area contributed by atoms with Crippen LogP contribution in [-0.2, 0) is 13.6 Å². The summed E-state index contributed by atoms with van der Waals surface area (Å²) in [7, 11) is 3.05. The molecule has 1 saturated carbocycles. The minimum atomic E-state index is -0.573. The predicted molar refractivity (Wildman–Crippen MR) is 129 cm³/mol. The molecule has 5 rings (SSSR count). The molecule has 0 saturated heterocycles. The number of aryl methyl sites for hydroxylation is 1. The van der Waals surface area contributed by atoms with Crippen LogP contribution in [0.25, 0.3) is 16.7 Å². The molecule has 2 aromatic heterocycles. The number of ether oxygens (including phenoxy) is 1. The second-order valence-electron chi connectivity index (χ2n) is 8.78. The SMILES string of the molecule is COc1ccc(C(=O)Cn2nc3n(C)c(=O)c4ccc(C(=O)NC5CCCC5)cc4n3c2=O)cc1. The molecule has 1 aliphatic rings. The summed E-state index contributed by atoms with van der Waals surface area (Å²) in [5, 5.41) is 7.56. The van der Waals surface area contributed by atoms with Gasteiger partial charge in [0.25, 0.3) is 11.5 Å². The van der Waals surface area contributed by atoms with Gasteiger partial charge in [-0.2, -0.15) is 0 Å². The molecule has 1 N–H and O–H groups in total. The zero-order valence-electron chi connectivity index (χ0n) is 19.5. The first-order valence-electron chi connectivity index (χ1n) is 11.5. The fourth-order valence-corrected chi connectivity index (χ4v) is 4.58. The minimum absolute atomic E-state index is 0.0865. The van der Waals surface area contributed by atoms with Crippen molar-refractivity contribution in [2.24, 2.45) is 7.05 Å². The van der Waals surface area contributed by atoms with Gasteiger partial charge in [-0.3, -0.25) is 19.0 Å². The second kappa shape index (κ2) is 8.86. The number of hydrogen-bond acceptors (Lipinski definition) is 6. The topological polar surface area (TPSA) is 117 Å². The van der Waals surface area contributed by atoms with E-state index < -0.39 is 5.69 Å². The van der Waals surface area contributed by atoms with Crippen molar-refractivity contribution in [2.75, 3.05) is 7.11 Å². The molecular formula is C25H25N5O5. The first-order valence-corrected chi connectivity index (χ1v) is 11.5. The highest BCUT2D eigenvalue weighted by atomic mass is 16.5. The van der Waals surface area contributed by atoms with E-state index >= 15 is 0 Å². The van der Waals surface area contributed by atoms with Crippen molar-refractivity contribution in [1.29, 1.82) is 0 Å². The number of ketones is 1. The van der Waals surface area contributed by atoms with Crippen molar-refractivity contribution in [3.63, 3.8) is 0 Å². The molecule has 1 amide bonds. The number of aromatic nitrogens is 4. The number of rotatable bonds is 6. The molecular weight excluding hydrogens is 450 g/mol. The Bertz CT molecular complexity index is 1570. The minimum Gasteiger partial charge on any atom is -0.497 e. The van der Waals surface area contributed by atoms with Gasteiger partial charge >= 0.3 is 5.69 Å². The molecule has 10 heteroatoms. The summed E-state index contributed by atoms with van der Waals surface area (Å²) in [5.74, 6) is 0.135. The maximum Gasteiger partial charge on any atom is 0.352 e. The largest absolute Gasteiger partial charge is 0.497 e. The van der Waals surface area contributed by atoms with Gasteiger partial charge in [0.1, 0.15) is 12.3 Å². The summed E-state index contributed by atoms with van der Waals surface area (Å²) in [6.45, 7) is -0.301. The van der Waals surface area contributed by atoms with Gasteiger partial charge in [-0.25, -0.2) is 13.9 Å². The lowest BCUT2D eigenvalue weighted by Crippen LogP contribution is -2.32. The summed E-state index contributed by atoms with van der Waals surface area (Å²) < 4.78 is 8.67. The number of methoxy groups -OCH3 is 1. The van der Waals surface area contributed by atoms with Gasteiger partial charge in [0.05, 0.1) is 18.0 Å². The number of hydrogen-bond donors (Lipinski definition) is 1. The Hall–Kier alpha value is -4.21. The van der Waals surface area contributed by atoms with Crippen LogP contribution in [0.5, 0.6) is 5.75 Å². The molecule has 2 aromatic carbocycles. The Kier molecular flexibility index (Phi) is 5.72. The number of amides is 1. The number of carbonyl (C=O) groups is 2. The lowest BCUT2D eigenvalue weighted by molar-refractivity contribution is 0.0936. The fraction of sp³-hybridized carbons (Fsp3) is 0.320. The maximum atomic E-state index is 13.3. The highest BCUT2D eigenvalue weighted by molar-refractivity contribution is 5.98. The first-order chi connectivity index (χ1) is 16.9. The van der Waals surface area contributed by atoms with Gasteiger partial charge in [0.2, 0.25) is 5.78 Å². The monoisotopic (exact) mass is 475 g/mol. The quantitative estimate of drug-likeness (QED) is 0.426. The maximum absolute atomic E-state index is 13.3. The van der Waals surface area contributed by atoms with E-state index in [9.17, 15) is 19.2 Å². The molecule has 10 nitrogen and oxygen atoms in total. The smallest absolute Gasteiger partial charge is 0.352 e. The van der Waals surface area contributed by atoms with Gasteiger partial charge in [-0.15, -0.1) is 5.10 Å². The van der Waals surface area contributed by atoms with Gasteiger partial charge in [-0.1, -0.05) is 12.8 Å². The second-order valence-corrected chi connectivity index (χ2v) is 8.78. The molecule has 2 heterocycles. The van der Waals surface area contributed by atoms with E-state index in [0.717, 1.165) is 30.4 Å². The molecule has 0 bridgehead atoms. The number of nitrogens with zero attached hydrogens (tertiary/aromatic N) is 4. The van der Waals surface area contributed by atoms with E-state index in [2.05, 4.69) is 10.4 Å².